The molecule has 3 aromatic rings. The van der Waals surface area contributed by atoms with E-state index in [1.54, 1.807) is 0 Å². The van der Waals surface area contributed by atoms with Gasteiger partial charge in [-0.3, -0.25) is 0 Å². The molecule has 0 saturated carbocycles. The summed E-state index contributed by atoms with van der Waals surface area (Å²) in [6.07, 6.45) is 8.09. The molecule has 0 aliphatic rings. The van der Waals surface area contributed by atoms with E-state index >= 15 is 0 Å². The van der Waals surface area contributed by atoms with Crippen LogP contribution in [0.1, 0.15) is 36.0 Å². The van der Waals surface area contributed by atoms with E-state index in [-0.39, 0.29) is 0 Å². The Morgan fingerprint density at radius 2 is 1.08 bits per heavy atom. The summed E-state index contributed by atoms with van der Waals surface area (Å²) in [4.78, 5) is 0. The number of benzene rings is 3. The fourth-order valence-corrected chi connectivity index (χ4v) is 3.32. The Morgan fingerprint density at radius 3 is 1.46 bits per heavy atom. The molecule has 0 heterocycles. The molecule has 3 rings (SSSR count). The maximum Gasteiger partial charge on any atom is 0.143 e. The number of unbranched alkanes of at least 4 members (excludes halogenated alkanes) is 2. The van der Waals surface area contributed by atoms with Crippen LogP contribution in [-0.2, 0) is 10.3 Å². The van der Waals surface area contributed by atoms with Crippen molar-refractivity contribution >= 4 is 0 Å². The predicted octanol–water partition coefficient (Wildman–Crippen LogP) is 5.80. The highest BCUT2D eigenvalue weighted by Gasteiger charge is 2.37. The SMILES string of the molecule is C#CCCCCOC(c1ccccc1)(c1ccccc1)c1ccccc1. The van der Waals surface area contributed by atoms with Gasteiger partial charge in [-0.15, -0.1) is 12.3 Å². The molecular weight excluding hydrogens is 316 g/mol. The van der Waals surface area contributed by atoms with E-state index in [0.29, 0.717) is 6.61 Å². The maximum absolute atomic E-state index is 6.67. The van der Waals surface area contributed by atoms with Gasteiger partial charge in [0.1, 0.15) is 5.60 Å². The Bertz CT molecular complexity index is 720. The first kappa shape index (κ1) is 18.0. The first-order valence-electron chi connectivity index (χ1n) is 9.12. The van der Waals surface area contributed by atoms with Crippen molar-refractivity contribution in [1.29, 1.82) is 0 Å². The van der Waals surface area contributed by atoms with Crippen LogP contribution < -0.4 is 0 Å². The van der Waals surface area contributed by atoms with Crippen LogP contribution in [-0.4, -0.2) is 6.61 Å². The first-order chi connectivity index (χ1) is 12.9. The molecule has 3 aromatic carbocycles. The molecule has 130 valence electrons. The van der Waals surface area contributed by atoms with Crippen molar-refractivity contribution in [3.8, 4) is 12.3 Å². The van der Waals surface area contributed by atoms with Gasteiger partial charge in [-0.2, -0.15) is 0 Å². The Morgan fingerprint density at radius 1 is 0.654 bits per heavy atom. The van der Waals surface area contributed by atoms with Crippen molar-refractivity contribution in [3.63, 3.8) is 0 Å². The van der Waals surface area contributed by atoms with Gasteiger partial charge in [0.15, 0.2) is 0 Å². The molecule has 0 atom stereocenters. The highest BCUT2D eigenvalue weighted by molar-refractivity contribution is 5.47. The second kappa shape index (κ2) is 9.04. The Hall–Kier alpha value is -2.82. The zero-order valence-electron chi connectivity index (χ0n) is 15.0. The van der Waals surface area contributed by atoms with Crippen molar-refractivity contribution in [1.82, 2.24) is 0 Å². The van der Waals surface area contributed by atoms with E-state index in [2.05, 4.69) is 78.7 Å². The zero-order valence-corrected chi connectivity index (χ0v) is 15.0. The lowest BCUT2D eigenvalue weighted by atomic mass is 9.80. The minimum Gasteiger partial charge on any atom is -0.361 e. The standard InChI is InChI=1S/C25H24O/c1-2-3-4-14-21-26-25(22-15-8-5-9-16-22,23-17-10-6-11-18-23)24-19-12-7-13-20-24/h1,5-13,15-20H,3-4,14,21H2. The third kappa shape index (κ3) is 3.87. The quantitative estimate of drug-likeness (QED) is 0.286. The summed E-state index contributed by atoms with van der Waals surface area (Å²) in [7, 11) is 0. The second-order valence-corrected chi connectivity index (χ2v) is 6.29. The highest BCUT2D eigenvalue weighted by atomic mass is 16.5. The van der Waals surface area contributed by atoms with Gasteiger partial charge in [0.2, 0.25) is 0 Å². The van der Waals surface area contributed by atoms with Crippen LogP contribution >= 0.6 is 0 Å². The first-order valence-corrected chi connectivity index (χ1v) is 9.12. The zero-order chi connectivity index (χ0) is 18.1. The van der Waals surface area contributed by atoms with E-state index in [4.69, 9.17) is 11.2 Å². The van der Waals surface area contributed by atoms with Crippen LogP contribution in [0.15, 0.2) is 91.0 Å². The molecule has 1 nitrogen and oxygen atoms in total. The largest absolute Gasteiger partial charge is 0.361 e. The van der Waals surface area contributed by atoms with Gasteiger partial charge in [0.05, 0.1) is 0 Å². The van der Waals surface area contributed by atoms with Crippen LogP contribution in [0.5, 0.6) is 0 Å². The smallest absolute Gasteiger partial charge is 0.143 e. The van der Waals surface area contributed by atoms with Gasteiger partial charge >= 0.3 is 0 Å². The molecule has 0 aromatic heterocycles. The lowest BCUT2D eigenvalue weighted by Crippen LogP contribution is -2.33. The fraction of sp³-hybridized carbons (Fsp3) is 0.200. The Balaban J connectivity index is 2.07. The summed E-state index contributed by atoms with van der Waals surface area (Å²) < 4.78 is 6.67. The lowest BCUT2D eigenvalue weighted by molar-refractivity contribution is 0.0110. The maximum atomic E-state index is 6.67. The molecule has 1 heteroatoms. The molecule has 0 radical (unpaired) electrons. The van der Waals surface area contributed by atoms with Crippen molar-refractivity contribution in [2.75, 3.05) is 6.61 Å². The molecule has 0 N–H and O–H groups in total. The third-order valence-electron chi connectivity index (χ3n) is 4.57. The minimum absolute atomic E-state index is 0.625. The van der Waals surface area contributed by atoms with E-state index in [1.165, 1.54) is 0 Å². The van der Waals surface area contributed by atoms with Crippen molar-refractivity contribution in [2.45, 2.75) is 24.9 Å². The Labute approximate surface area is 156 Å². The summed E-state index contributed by atoms with van der Waals surface area (Å²) >= 11 is 0. The molecule has 0 aliphatic heterocycles. The van der Waals surface area contributed by atoms with Gasteiger partial charge in [-0.1, -0.05) is 91.0 Å². The van der Waals surface area contributed by atoms with E-state index in [1.807, 2.05) is 18.2 Å². The lowest BCUT2D eigenvalue weighted by Gasteiger charge is -2.36. The molecular formula is C25H24O. The van der Waals surface area contributed by atoms with Gasteiger partial charge in [0, 0.05) is 13.0 Å². The molecule has 0 unspecified atom stereocenters. The molecule has 0 fully saturated rings. The fourth-order valence-electron chi connectivity index (χ4n) is 3.32. The van der Waals surface area contributed by atoms with Gasteiger partial charge in [0.25, 0.3) is 0 Å². The van der Waals surface area contributed by atoms with Gasteiger partial charge in [-0.05, 0) is 29.5 Å². The van der Waals surface area contributed by atoms with Gasteiger partial charge < -0.3 is 4.74 Å². The number of hydrogen-bond donors (Lipinski definition) is 0. The summed E-state index contributed by atoms with van der Waals surface area (Å²) in [6.45, 7) is 0.653. The molecule has 0 saturated heterocycles. The van der Waals surface area contributed by atoms with Crippen LogP contribution in [0.4, 0.5) is 0 Å². The summed E-state index contributed by atoms with van der Waals surface area (Å²) in [5.41, 5.74) is 2.78. The monoisotopic (exact) mass is 340 g/mol. The number of terminal acetylenes is 1. The van der Waals surface area contributed by atoms with Crippen LogP contribution in [0.2, 0.25) is 0 Å². The van der Waals surface area contributed by atoms with Crippen molar-refractivity contribution < 1.29 is 4.74 Å². The summed E-state index contributed by atoms with van der Waals surface area (Å²) in [5.74, 6) is 2.70. The van der Waals surface area contributed by atoms with E-state index in [9.17, 15) is 0 Å². The van der Waals surface area contributed by atoms with Gasteiger partial charge in [-0.25, -0.2) is 0 Å². The minimum atomic E-state index is -0.625. The average Bonchev–Trinajstić information content (AvgIpc) is 2.73. The number of rotatable bonds is 8. The molecule has 0 bridgehead atoms. The number of ether oxygens (including phenoxy) is 1. The third-order valence-corrected chi connectivity index (χ3v) is 4.57. The van der Waals surface area contributed by atoms with Crippen molar-refractivity contribution in [3.05, 3.63) is 108 Å². The summed E-state index contributed by atoms with van der Waals surface area (Å²) in [6, 6.07) is 31.4. The van der Waals surface area contributed by atoms with Crippen LogP contribution in [0.25, 0.3) is 0 Å². The second-order valence-electron chi connectivity index (χ2n) is 6.29. The molecule has 0 aliphatic carbocycles. The average molecular weight is 340 g/mol. The highest BCUT2D eigenvalue weighted by Crippen LogP contribution is 2.40. The molecule has 0 amide bonds. The van der Waals surface area contributed by atoms with E-state index in [0.717, 1.165) is 36.0 Å². The van der Waals surface area contributed by atoms with Crippen LogP contribution in [0, 0.1) is 12.3 Å². The van der Waals surface area contributed by atoms with Crippen LogP contribution in [0.3, 0.4) is 0 Å². The summed E-state index contributed by atoms with van der Waals surface area (Å²) in [5, 5.41) is 0. The molecule has 0 spiro atoms. The predicted molar refractivity (Wildman–Crippen MR) is 108 cm³/mol. The van der Waals surface area contributed by atoms with E-state index < -0.39 is 5.60 Å². The number of hydrogen-bond acceptors (Lipinski definition) is 1. The van der Waals surface area contributed by atoms with Crippen molar-refractivity contribution in [2.24, 2.45) is 0 Å². The normalized spacial score (nSPS) is 11.0. The molecule has 26 heavy (non-hydrogen) atoms. The Kier molecular flexibility index (Phi) is 6.25. The topological polar surface area (TPSA) is 9.23 Å².